The number of hydrogen-bond donors (Lipinski definition) is 1. The zero-order valence-electron chi connectivity index (χ0n) is 13.4. The first-order valence-electron chi connectivity index (χ1n) is 7.68. The second kappa shape index (κ2) is 6.99. The van der Waals surface area contributed by atoms with E-state index in [-0.39, 0.29) is 36.1 Å². The van der Waals surface area contributed by atoms with Crippen LogP contribution >= 0.6 is 11.6 Å². The highest BCUT2D eigenvalue weighted by Gasteiger charge is 2.34. The minimum atomic E-state index is -4.48. The zero-order valence-corrected chi connectivity index (χ0v) is 14.1. The van der Waals surface area contributed by atoms with E-state index in [0.717, 1.165) is 6.07 Å². The third kappa shape index (κ3) is 3.67. The van der Waals surface area contributed by atoms with Gasteiger partial charge in [0.05, 0.1) is 24.0 Å². The Morgan fingerprint density at radius 3 is 2.62 bits per heavy atom. The maximum Gasteiger partial charge on any atom is 0.416 e. The SMILES string of the molecule is O=C1CN(c2cn[nH]c(=O)c2Cl)CCN1Cc1ccccc1C(F)(F)F. The van der Waals surface area contributed by atoms with Crippen molar-refractivity contribution in [3.8, 4) is 0 Å². The average Bonchev–Trinajstić information content (AvgIpc) is 2.59. The van der Waals surface area contributed by atoms with Crippen molar-refractivity contribution >= 4 is 23.2 Å². The summed E-state index contributed by atoms with van der Waals surface area (Å²) in [7, 11) is 0. The number of hydrogen-bond acceptors (Lipinski definition) is 4. The van der Waals surface area contributed by atoms with Crippen molar-refractivity contribution in [3.05, 3.63) is 57.0 Å². The molecule has 0 saturated carbocycles. The van der Waals surface area contributed by atoms with Crippen LogP contribution in [0.2, 0.25) is 5.02 Å². The molecule has 1 saturated heterocycles. The van der Waals surface area contributed by atoms with Crippen LogP contribution in [0.3, 0.4) is 0 Å². The molecular formula is C16H14ClF3N4O2. The Bertz CT molecular complexity index is 884. The normalized spacial score (nSPS) is 15.5. The Morgan fingerprint density at radius 1 is 1.19 bits per heavy atom. The fourth-order valence-corrected chi connectivity index (χ4v) is 3.03. The fourth-order valence-electron chi connectivity index (χ4n) is 2.82. The first-order chi connectivity index (χ1) is 12.3. The Hall–Kier alpha value is -2.55. The van der Waals surface area contributed by atoms with Gasteiger partial charge in [-0.3, -0.25) is 9.59 Å². The van der Waals surface area contributed by atoms with Crippen molar-refractivity contribution in [2.24, 2.45) is 0 Å². The lowest BCUT2D eigenvalue weighted by Crippen LogP contribution is -2.50. The molecule has 1 aliphatic heterocycles. The van der Waals surface area contributed by atoms with Gasteiger partial charge in [-0.15, -0.1) is 0 Å². The number of rotatable bonds is 3. The maximum atomic E-state index is 13.1. The number of anilines is 1. The minimum absolute atomic E-state index is 0.0395. The van der Waals surface area contributed by atoms with Gasteiger partial charge < -0.3 is 9.80 Å². The number of halogens is 4. The van der Waals surface area contributed by atoms with E-state index < -0.39 is 17.3 Å². The van der Waals surface area contributed by atoms with Crippen molar-refractivity contribution in [2.45, 2.75) is 12.7 Å². The number of benzene rings is 1. The molecule has 1 N–H and O–H groups in total. The Morgan fingerprint density at radius 2 is 1.92 bits per heavy atom. The molecule has 6 nitrogen and oxygen atoms in total. The lowest BCUT2D eigenvalue weighted by molar-refractivity contribution is -0.140. The summed E-state index contributed by atoms with van der Waals surface area (Å²) in [5.74, 6) is -0.357. The summed E-state index contributed by atoms with van der Waals surface area (Å²) < 4.78 is 39.3. The molecule has 1 aromatic carbocycles. The summed E-state index contributed by atoms with van der Waals surface area (Å²) in [6, 6.07) is 5.18. The highest BCUT2D eigenvalue weighted by atomic mass is 35.5. The average molecular weight is 387 g/mol. The molecule has 2 heterocycles. The monoisotopic (exact) mass is 386 g/mol. The van der Waals surface area contributed by atoms with E-state index in [1.54, 1.807) is 4.90 Å². The van der Waals surface area contributed by atoms with Gasteiger partial charge in [-0.2, -0.15) is 18.3 Å². The van der Waals surface area contributed by atoms with E-state index in [0.29, 0.717) is 12.2 Å². The number of H-pyrrole nitrogens is 1. The molecule has 1 fully saturated rings. The van der Waals surface area contributed by atoms with Crippen LogP contribution in [-0.4, -0.2) is 40.6 Å². The van der Waals surface area contributed by atoms with Crippen molar-refractivity contribution in [1.29, 1.82) is 0 Å². The van der Waals surface area contributed by atoms with Gasteiger partial charge in [0.2, 0.25) is 5.91 Å². The molecule has 1 aliphatic rings. The summed E-state index contributed by atoms with van der Waals surface area (Å²) in [6.07, 6.45) is -3.14. The molecule has 0 atom stereocenters. The number of aromatic amines is 1. The van der Waals surface area contributed by atoms with Crippen LogP contribution in [0.5, 0.6) is 0 Å². The number of nitrogens with zero attached hydrogens (tertiary/aromatic N) is 3. The molecule has 0 radical (unpaired) electrons. The number of alkyl halides is 3. The Labute approximate surface area is 151 Å². The van der Waals surface area contributed by atoms with Gasteiger partial charge in [0.15, 0.2) is 0 Å². The largest absolute Gasteiger partial charge is 0.416 e. The third-order valence-electron chi connectivity index (χ3n) is 4.12. The van der Waals surface area contributed by atoms with E-state index >= 15 is 0 Å². The van der Waals surface area contributed by atoms with Gasteiger partial charge >= 0.3 is 6.18 Å². The number of carbonyl (C=O) groups excluding carboxylic acids is 1. The molecule has 138 valence electrons. The topological polar surface area (TPSA) is 69.3 Å². The van der Waals surface area contributed by atoms with Gasteiger partial charge in [-0.25, -0.2) is 5.10 Å². The van der Waals surface area contributed by atoms with E-state index in [9.17, 15) is 22.8 Å². The summed E-state index contributed by atoms with van der Waals surface area (Å²) in [6.45, 7) is 0.293. The van der Waals surface area contributed by atoms with Gasteiger partial charge in [0.25, 0.3) is 5.56 Å². The molecule has 10 heteroatoms. The standard InChI is InChI=1S/C16H14ClF3N4O2/c17-14-12(7-21-22-15(14)26)23-5-6-24(13(25)9-23)8-10-3-1-2-4-11(10)16(18,19)20/h1-4,7H,5-6,8-9H2,(H,22,26). The van der Waals surface area contributed by atoms with Crippen LogP contribution < -0.4 is 10.5 Å². The molecular weight excluding hydrogens is 373 g/mol. The Balaban J connectivity index is 1.76. The van der Waals surface area contributed by atoms with Gasteiger partial charge in [-0.1, -0.05) is 29.8 Å². The number of piperazine rings is 1. The second-order valence-electron chi connectivity index (χ2n) is 5.79. The van der Waals surface area contributed by atoms with Crippen LogP contribution in [-0.2, 0) is 17.5 Å². The molecule has 1 amide bonds. The Kier molecular flexibility index (Phi) is 4.90. The summed E-state index contributed by atoms with van der Waals surface area (Å²) in [5.41, 5.74) is -0.966. The van der Waals surface area contributed by atoms with E-state index in [1.807, 2.05) is 0 Å². The van der Waals surface area contributed by atoms with E-state index in [2.05, 4.69) is 10.2 Å². The molecule has 0 bridgehead atoms. The predicted octanol–water partition coefficient (Wildman–Crippen LogP) is 2.29. The summed E-state index contributed by atoms with van der Waals surface area (Å²) in [4.78, 5) is 26.9. The molecule has 0 spiro atoms. The van der Waals surface area contributed by atoms with E-state index in [1.165, 1.54) is 29.3 Å². The maximum absolute atomic E-state index is 13.1. The number of amides is 1. The predicted molar refractivity (Wildman–Crippen MR) is 88.9 cm³/mol. The molecule has 26 heavy (non-hydrogen) atoms. The first kappa shape index (κ1) is 18.2. The molecule has 2 aromatic rings. The van der Waals surface area contributed by atoms with Crippen molar-refractivity contribution in [3.63, 3.8) is 0 Å². The molecule has 3 rings (SSSR count). The van der Waals surface area contributed by atoms with Crippen molar-refractivity contribution in [2.75, 3.05) is 24.5 Å². The highest BCUT2D eigenvalue weighted by molar-refractivity contribution is 6.33. The smallest absolute Gasteiger partial charge is 0.358 e. The van der Waals surface area contributed by atoms with Crippen LogP contribution in [0.25, 0.3) is 0 Å². The molecule has 1 aromatic heterocycles. The highest BCUT2D eigenvalue weighted by Crippen LogP contribution is 2.32. The quantitative estimate of drug-likeness (QED) is 0.878. The van der Waals surface area contributed by atoms with Crippen molar-refractivity contribution in [1.82, 2.24) is 15.1 Å². The number of aromatic nitrogens is 2. The summed E-state index contributed by atoms with van der Waals surface area (Å²) in [5, 5.41) is 5.76. The van der Waals surface area contributed by atoms with E-state index in [4.69, 9.17) is 11.6 Å². The zero-order chi connectivity index (χ0) is 18.9. The fraction of sp³-hybridized carbons (Fsp3) is 0.312. The van der Waals surface area contributed by atoms with Crippen LogP contribution in [0, 0.1) is 0 Å². The summed E-state index contributed by atoms with van der Waals surface area (Å²) >= 11 is 5.94. The van der Waals surface area contributed by atoms with Gasteiger partial charge in [0.1, 0.15) is 5.02 Å². The first-order valence-corrected chi connectivity index (χ1v) is 8.06. The van der Waals surface area contributed by atoms with Crippen LogP contribution in [0.15, 0.2) is 35.3 Å². The second-order valence-corrected chi connectivity index (χ2v) is 6.17. The van der Waals surface area contributed by atoms with Gasteiger partial charge in [-0.05, 0) is 11.6 Å². The van der Waals surface area contributed by atoms with Gasteiger partial charge in [0, 0.05) is 19.6 Å². The molecule has 0 unspecified atom stereocenters. The lowest BCUT2D eigenvalue weighted by atomic mass is 10.1. The van der Waals surface area contributed by atoms with Crippen molar-refractivity contribution < 1.29 is 18.0 Å². The van der Waals surface area contributed by atoms with Crippen LogP contribution in [0.4, 0.5) is 18.9 Å². The lowest BCUT2D eigenvalue weighted by Gasteiger charge is -2.36. The number of nitrogens with one attached hydrogen (secondary N) is 1. The minimum Gasteiger partial charge on any atom is -0.358 e. The number of carbonyl (C=O) groups is 1. The van der Waals surface area contributed by atoms with Crippen LogP contribution in [0.1, 0.15) is 11.1 Å². The third-order valence-corrected chi connectivity index (χ3v) is 4.49. The molecule has 0 aliphatic carbocycles.